The Morgan fingerprint density at radius 2 is 1.62 bits per heavy atom. The van der Waals surface area contributed by atoms with Crippen LogP contribution in [0.25, 0.3) is 0 Å². The summed E-state index contributed by atoms with van der Waals surface area (Å²) in [4.78, 5) is 11.5. The zero-order chi connectivity index (χ0) is 12.4. The molecule has 0 aromatic heterocycles. The number of carbonyl (C=O) groups is 1. The van der Waals surface area contributed by atoms with E-state index in [0.29, 0.717) is 0 Å². The van der Waals surface area contributed by atoms with Gasteiger partial charge >= 0.3 is 0 Å². The molecule has 1 amide bonds. The van der Waals surface area contributed by atoms with Gasteiger partial charge in [0.2, 0.25) is 5.91 Å². The second-order valence-corrected chi connectivity index (χ2v) is 5.69. The summed E-state index contributed by atoms with van der Waals surface area (Å²) in [7, 11) is 1.75. The van der Waals surface area contributed by atoms with Gasteiger partial charge in [0.25, 0.3) is 0 Å². The molecule has 0 saturated heterocycles. The molecule has 0 aromatic carbocycles. The SMILES string of the molecule is CCCCCCCCCC(C)C(=O)N(C)Br. The second kappa shape index (κ2) is 10.1. The van der Waals surface area contributed by atoms with Gasteiger partial charge in [0.15, 0.2) is 0 Å². The fourth-order valence-corrected chi connectivity index (χ4v) is 2.18. The van der Waals surface area contributed by atoms with E-state index < -0.39 is 0 Å². The molecule has 96 valence electrons. The minimum absolute atomic E-state index is 0.153. The van der Waals surface area contributed by atoms with E-state index in [0.717, 1.165) is 6.42 Å². The largest absolute Gasteiger partial charge is 0.282 e. The lowest BCUT2D eigenvalue weighted by Gasteiger charge is -2.14. The van der Waals surface area contributed by atoms with Crippen molar-refractivity contribution >= 4 is 22.1 Å². The average Bonchev–Trinajstić information content (AvgIpc) is 2.26. The van der Waals surface area contributed by atoms with E-state index in [4.69, 9.17) is 0 Å². The molecule has 1 atom stereocenters. The topological polar surface area (TPSA) is 20.3 Å². The highest BCUT2D eigenvalue weighted by Crippen LogP contribution is 2.15. The van der Waals surface area contributed by atoms with Gasteiger partial charge in [0.05, 0.1) is 16.1 Å². The summed E-state index contributed by atoms with van der Waals surface area (Å²) in [5.41, 5.74) is 0. The van der Waals surface area contributed by atoms with Gasteiger partial charge in [-0.15, -0.1) is 0 Å². The van der Waals surface area contributed by atoms with Crippen LogP contribution < -0.4 is 0 Å². The fraction of sp³-hybridized carbons (Fsp3) is 0.923. The van der Waals surface area contributed by atoms with Gasteiger partial charge in [-0.1, -0.05) is 58.8 Å². The zero-order valence-corrected chi connectivity index (χ0v) is 12.6. The lowest BCUT2D eigenvalue weighted by molar-refractivity contribution is -0.128. The van der Waals surface area contributed by atoms with E-state index >= 15 is 0 Å². The highest BCUT2D eigenvalue weighted by atomic mass is 79.9. The minimum atomic E-state index is 0.153. The number of halogens is 1. The second-order valence-electron chi connectivity index (χ2n) is 4.63. The Hall–Kier alpha value is -0.0500. The molecule has 0 bridgehead atoms. The quantitative estimate of drug-likeness (QED) is 0.451. The molecule has 0 aliphatic carbocycles. The van der Waals surface area contributed by atoms with Crippen LogP contribution in [0.2, 0.25) is 0 Å². The van der Waals surface area contributed by atoms with Gasteiger partial charge in [-0.3, -0.25) is 8.72 Å². The van der Waals surface area contributed by atoms with E-state index in [1.807, 2.05) is 6.92 Å². The smallest absolute Gasteiger partial charge is 0.234 e. The predicted octanol–water partition coefficient (Wildman–Crippen LogP) is 4.53. The molecule has 0 fully saturated rings. The molecule has 0 aliphatic heterocycles. The van der Waals surface area contributed by atoms with Crippen LogP contribution in [0.1, 0.15) is 65.2 Å². The molecule has 16 heavy (non-hydrogen) atoms. The Morgan fingerprint density at radius 3 is 2.12 bits per heavy atom. The third kappa shape index (κ3) is 8.14. The fourth-order valence-electron chi connectivity index (χ4n) is 1.83. The third-order valence-electron chi connectivity index (χ3n) is 2.97. The minimum Gasteiger partial charge on any atom is -0.282 e. The van der Waals surface area contributed by atoms with Crippen molar-refractivity contribution in [2.45, 2.75) is 65.2 Å². The number of amides is 1. The molecule has 0 saturated carbocycles. The molecular formula is C13H26BrNO. The maximum Gasteiger partial charge on any atom is 0.234 e. The highest BCUT2D eigenvalue weighted by molar-refractivity contribution is 9.07. The lowest BCUT2D eigenvalue weighted by Crippen LogP contribution is -2.23. The molecular weight excluding hydrogens is 266 g/mol. The summed E-state index contributed by atoms with van der Waals surface area (Å²) in [6, 6.07) is 0. The summed E-state index contributed by atoms with van der Waals surface area (Å²) >= 11 is 3.18. The van der Waals surface area contributed by atoms with E-state index in [1.165, 1.54) is 48.9 Å². The molecule has 0 aliphatic rings. The maximum atomic E-state index is 11.5. The van der Waals surface area contributed by atoms with E-state index in [9.17, 15) is 4.79 Å². The van der Waals surface area contributed by atoms with Crippen molar-refractivity contribution < 1.29 is 4.79 Å². The number of nitrogens with zero attached hydrogens (tertiary/aromatic N) is 1. The number of hydrogen-bond acceptors (Lipinski definition) is 1. The first-order valence-electron chi connectivity index (χ1n) is 6.53. The van der Waals surface area contributed by atoms with Crippen LogP contribution in [0.5, 0.6) is 0 Å². The third-order valence-corrected chi connectivity index (χ3v) is 3.32. The summed E-state index contributed by atoms with van der Waals surface area (Å²) < 4.78 is 1.51. The van der Waals surface area contributed by atoms with Gasteiger partial charge < -0.3 is 0 Å². The van der Waals surface area contributed by atoms with E-state index in [1.54, 1.807) is 7.05 Å². The first-order chi connectivity index (χ1) is 7.59. The Morgan fingerprint density at radius 1 is 1.12 bits per heavy atom. The molecule has 2 nitrogen and oxygen atoms in total. The van der Waals surface area contributed by atoms with Crippen LogP contribution in [0.3, 0.4) is 0 Å². The summed E-state index contributed by atoms with van der Waals surface area (Å²) in [5.74, 6) is 0.339. The van der Waals surface area contributed by atoms with Crippen molar-refractivity contribution in [3.63, 3.8) is 0 Å². The molecule has 0 N–H and O–H groups in total. The summed E-state index contributed by atoms with van der Waals surface area (Å²) in [6.45, 7) is 4.25. The van der Waals surface area contributed by atoms with Crippen LogP contribution in [-0.4, -0.2) is 16.9 Å². The van der Waals surface area contributed by atoms with Gasteiger partial charge in [-0.25, -0.2) is 0 Å². The Bertz CT molecular complexity index is 183. The van der Waals surface area contributed by atoms with E-state index in [2.05, 4.69) is 23.1 Å². The van der Waals surface area contributed by atoms with Gasteiger partial charge in [-0.05, 0) is 6.42 Å². The van der Waals surface area contributed by atoms with Crippen LogP contribution in [-0.2, 0) is 4.79 Å². The molecule has 0 rings (SSSR count). The summed E-state index contributed by atoms with van der Waals surface area (Å²) in [5, 5.41) is 0. The zero-order valence-electron chi connectivity index (χ0n) is 11.0. The van der Waals surface area contributed by atoms with E-state index in [-0.39, 0.29) is 11.8 Å². The molecule has 3 heteroatoms. The molecule has 0 spiro atoms. The number of rotatable bonds is 9. The monoisotopic (exact) mass is 291 g/mol. The Kier molecular flexibility index (Phi) is 10.1. The van der Waals surface area contributed by atoms with Crippen molar-refractivity contribution in [1.82, 2.24) is 3.93 Å². The molecule has 0 heterocycles. The van der Waals surface area contributed by atoms with Crippen molar-refractivity contribution in [3.05, 3.63) is 0 Å². The predicted molar refractivity (Wildman–Crippen MR) is 73.5 cm³/mol. The molecule has 0 aromatic rings. The highest BCUT2D eigenvalue weighted by Gasteiger charge is 2.14. The van der Waals surface area contributed by atoms with Gasteiger partial charge in [0.1, 0.15) is 0 Å². The van der Waals surface area contributed by atoms with Crippen LogP contribution in [0.4, 0.5) is 0 Å². The van der Waals surface area contributed by atoms with Crippen molar-refractivity contribution in [2.24, 2.45) is 5.92 Å². The number of unbranched alkanes of at least 4 members (excludes halogenated alkanes) is 6. The average molecular weight is 292 g/mol. The van der Waals surface area contributed by atoms with Gasteiger partial charge in [0, 0.05) is 13.0 Å². The first kappa shape index (κ1) is 16.0. The number of carbonyl (C=O) groups excluding carboxylic acids is 1. The molecule has 1 unspecified atom stereocenters. The van der Waals surface area contributed by atoms with Crippen LogP contribution in [0, 0.1) is 5.92 Å². The first-order valence-corrected chi connectivity index (χ1v) is 7.23. The Labute approximate surface area is 109 Å². The standard InChI is InChI=1S/C13H26BrNO/c1-4-5-6-7-8-9-10-11-12(2)13(16)15(3)14/h12H,4-11H2,1-3H3. The summed E-state index contributed by atoms with van der Waals surface area (Å²) in [6.07, 6.45) is 10.2. The molecule has 0 radical (unpaired) electrons. The normalized spacial score (nSPS) is 12.5. The number of hydrogen-bond donors (Lipinski definition) is 0. The van der Waals surface area contributed by atoms with Crippen molar-refractivity contribution in [1.29, 1.82) is 0 Å². The van der Waals surface area contributed by atoms with Gasteiger partial charge in [-0.2, -0.15) is 0 Å². The van der Waals surface area contributed by atoms with Crippen molar-refractivity contribution in [2.75, 3.05) is 7.05 Å². The van der Waals surface area contributed by atoms with Crippen LogP contribution >= 0.6 is 16.1 Å². The Balaban J connectivity index is 3.34. The van der Waals surface area contributed by atoms with Crippen LogP contribution in [0.15, 0.2) is 0 Å². The maximum absolute atomic E-state index is 11.5. The van der Waals surface area contributed by atoms with Crippen molar-refractivity contribution in [3.8, 4) is 0 Å². The lowest BCUT2D eigenvalue weighted by atomic mass is 10.0.